The van der Waals surface area contributed by atoms with Crippen LogP contribution in [0.2, 0.25) is 0 Å². The first-order valence-electron chi connectivity index (χ1n) is 15.9. The van der Waals surface area contributed by atoms with Crippen molar-refractivity contribution in [3.63, 3.8) is 0 Å². The molecule has 10 nitrogen and oxygen atoms in total. The highest BCUT2D eigenvalue weighted by molar-refractivity contribution is 6.08. The molecule has 2 N–H and O–H groups in total. The minimum atomic E-state index is -0.985. The fourth-order valence-corrected chi connectivity index (χ4v) is 7.70. The van der Waals surface area contributed by atoms with Gasteiger partial charge in [0.2, 0.25) is 0 Å². The molecule has 3 aliphatic heterocycles. The summed E-state index contributed by atoms with van der Waals surface area (Å²) >= 11 is 0. The second-order valence-corrected chi connectivity index (χ2v) is 13.0. The number of imide groups is 1. The predicted octanol–water partition coefficient (Wildman–Crippen LogP) is 4.04. The molecule has 3 aromatic rings. The average Bonchev–Trinajstić information content (AvgIpc) is 3.43. The number of carbonyl (C=O) groups excluding carboxylic acids is 2. The number of fused-ring (bicyclic) bond motifs is 2. The van der Waals surface area contributed by atoms with Crippen LogP contribution in [0, 0.1) is 5.92 Å². The van der Waals surface area contributed by atoms with Gasteiger partial charge in [0, 0.05) is 64.4 Å². The monoisotopic (exact) mass is 614 g/mol. The van der Waals surface area contributed by atoms with E-state index in [4.69, 9.17) is 15.2 Å². The number of benzene rings is 3. The van der Waals surface area contributed by atoms with Crippen LogP contribution in [0.25, 0.3) is 10.8 Å². The maximum absolute atomic E-state index is 14.7. The standard InChI is InChI=1S/C35H46N6O4/c1-24-20-31(28-11-12-30(37(2)3)27-9-7-6-8-26(27)28)41-34(43)40(15-14-39-16-18-45-19-17-39)33(42)35(24,41)23-38(4)22-25-10-13-32(44-5)29(36)21-25/h6-13,21,24,31H,14-20,22-23,36H2,1-5H3/t24-,31+,35-/m0/s1. The van der Waals surface area contributed by atoms with Gasteiger partial charge in [0.15, 0.2) is 0 Å². The summed E-state index contributed by atoms with van der Waals surface area (Å²) in [6.45, 7) is 7.12. The summed E-state index contributed by atoms with van der Waals surface area (Å²) in [6.07, 6.45) is 0.712. The number of ether oxygens (including phenoxy) is 2. The van der Waals surface area contributed by atoms with Crippen molar-refractivity contribution in [1.82, 2.24) is 19.6 Å². The van der Waals surface area contributed by atoms with Crippen LogP contribution in [-0.4, -0.2) is 111 Å². The van der Waals surface area contributed by atoms with E-state index in [1.165, 1.54) is 4.90 Å². The lowest BCUT2D eigenvalue weighted by Gasteiger charge is -2.37. The normalized spacial score (nSPS) is 23.8. The fourth-order valence-electron chi connectivity index (χ4n) is 7.70. The van der Waals surface area contributed by atoms with E-state index in [1.807, 2.05) is 44.2 Å². The molecule has 0 aromatic heterocycles. The third-order valence-electron chi connectivity index (χ3n) is 9.96. The number of anilines is 2. The van der Waals surface area contributed by atoms with Gasteiger partial charge in [-0.1, -0.05) is 43.3 Å². The number of hydrogen-bond donors (Lipinski definition) is 1. The van der Waals surface area contributed by atoms with Crippen LogP contribution in [0.5, 0.6) is 5.75 Å². The molecule has 10 heteroatoms. The van der Waals surface area contributed by atoms with E-state index in [9.17, 15) is 9.59 Å². The molecule has 3 saturated heterocycles. The molecule has 3 fully saturated rings. The van der Waals surface area contributed by atoms with Crippen molar-refractivity contribution in [2.24, 2.45) is 5.92 Å². The van der Waals surface area contributed by atoms with Crippen LogP contribution in [0.4, 0.5) is 16.2 Å². The van der Waals surface area contributed by atoms with Crippen molar-refractivity contribution in [2.75, 3.05) is 84.8 Å². The lowest BCUT2D eigenvalue weighted by molar-refractivity contribution is -0.135. The number of nitrogens with zero attached hydrogens (tertiary/aromatic N) is 5. The summed E-state index contributed by atoms with van der Waals surface area (Å²) in [7, 11) is 7.72. The first-order chi connectivity index (χ1) is 21.6. The zero-order chi connectivity index (χ0) is 31.9. The number of rotatable bonds is 10. The van der Waals surface area contributed by atoms with Crippen LogP contribution >= 0.6 is 0 Å². The number of methoxy groups -OCH3 is 1. The molecule has 3 atom stereocenters. The van der Waals surface area contributed by atoms with Crippen LogP contribution in [0.1, 0.15) is 30.5 Å². The Kier molecular flexibility index (Phi) is 8.65. The van der Waals surface area contributed by atoms with Gasteiger partial charge in [-0.2, -0.15) is 0 Å². The van der Waals surface area contributed by atoms with E-state index in [1.54, 1.807) is 7.11 Å². The summed E-state index contributed by atoms with van der Waals surface area (Å²) in [5.74, 6) is 0.493. The molecule has 0 saturated carbocycles. The number of hydrogen-bond acceptors (Lipinski definition) is 8. The number of morpholine rings is 1. The smallest absolute Gasteiger partial charge is 0.328 e. The highest BCUT2D eigenvalue weighted by Gasteiger charge is 2.66. The first-order valence-corrected chi connectivity index (χ1v) is 15.9. The SMILES string of the molecule is COc1ccc(CN(C)C[C@]23C(=O)N(CCN4CCOCC4)C(=O)N2[C@@H](c2ccc(N(C)C)c4ccccc24)C[C@@H]3C)cc1N. The number of urea groups is 1. The zero-order valence-corrected chi connectivity index (χ0v) is 27.2. The Labute approximate surface area is 266 Å². The van der Waals surface area contributed by atoms with E-state index in [0.29, 0.717) is 57.3 Å². The van der Waals surface area contributed by atoms with Gasteiger partial charge in [0.05, 0.1) is 32.1 Å². The summed E-state index contributed by atoms with van der Waals surface area (Å²) in [4.78, 5) is 39.2. The Bertz CT molecular complexity index is 1570. The van der Waals surface area contributed by atoms with Crippen molar-refractivity contribution in [3.8, 4) is 5.75 Å². The molecule has 3 heterocycles. The number of likely N-dealkylation sites (N-methyl/N-ethyl adjacent to an activating group) is 1. The molecule has 3 aromatic carbocycles. The Morgan fingerprint density at radius 1 is 1.00 bits per heavy atom. The molecular weight excluding hydrogens is 568 g/mol. The second-order valence-electron chi connectivity index (χ2n) is 13.0. The quantitative estimate of drug-likeness (QED) is 0.270. The van der Waals surface area contributed by atoms with Gasteiger partial charge in [-0.25, -0.2) is 4.79 Å². The van der Waals surface area contributed by atoms with Crippen molar-refractivity contribution in [1.29, 1.82) is 0 Å². The highest BCUT2D eigenvalue weighted by atomic mass is 16.5. The molecule has 240 valence electrons. The summed E-state index contributed by atoms with van der Waals surface area (Å²) in [5.41, 5.74) is 9.04. The van der Waals surface area contributed by atoms with Crippen LogP contribution in [0.15, 0.2) is 54.6 Å². The molecule has 0 bridgehead atoms. The van der Waals surface area contributed by atoms with Gasteiger partial charge >= 0.3 is 6.03 Å². The second kappa shape index (κ2) is 12.5. The van der Waals surface area contributed by atoms with Crippen molar-refractivity contribution in [3.05, 3.63) is 65.7 Å². The van der Waals surface area contributed by atoms with E-state index >= 15 is 0 Å². The minimum absolute atomic E-state index is 0.0528. The molecule has 3 aliphatic rings. The number of carbonyl (C=O) groups is 2. The molecule has 45 heavy (non-hydrogen) atoms. The maximum atomic E-state index is 14.7. The van der Waals surface area contributed by atoms with E-state index < -0.39 is 5.54 Å². The topological polar surface area (TPSA) is 94.8 Å². The molecule has 0 radical (unpaired) electrons. The molecule has 3 amide bonds. The largest absolute Gasteiger partial charge is 0.495 e. The molecule has 0 aliphatic carbocycles. The number of amides is 3. The molecule has 0 spiro atoms. The van der Waals surface area contributed by atoms with Crippen LogP contribution in [-0.2, 0) is 16.1 Å². The summed E-state index contributed by atoms with van der Waals surface area (Å²) < 4.78 is 10.9. The summed E-state index contributed by atoms with van der Waals surface area (Å²) in [6, 6.07) is 18.1. The van der Waals surface area contributed by atoms with Gasteiger partial charge in [0.1, 0.15) is 11.3 Å². The van der Waals surface area contributed by atoms with Gasteiger partial charge in [0.25, 0.3) is 5.91 Å². The van der Waals surface area contributed by atoms with Crippen LogP contribution in [0.3, 0.4) is 0 Å². The van der Waals surface area contributed by atoms with E-state index in [-0.39, 0.29) is 23.9 Å². The van der Waals surface area contributed by atoms with Crippen LogP contribution < -0.4 is 15.4 Å². The molecular formula is C35H46N6O4. The number of nitrogen functional groups attached to an aromatic ring is 1. The zero-order valence-electron chi connectivity index (χ0n) is 27.2. The fraction of sp³-hybridized carbons (Fsp3) is 0.486. The lowest BCUT2D eigenvalue weighted by atomic mass is 9.84. The Morgan fingerprint density at radius 3 is 2.42 bits per heavy atom. The predicted molar refractivity (Wildman–Crippen MR) is 177 cm³/mol. The first kappa shape index (κ1) is 31.1. The Hall–Kier alpha value is -3.86. The van der Waals surface area contributed by atoms with Gasteiger partial charge in [-0.3, -0.25) is 19.5 Å². The maximum Gasteiger partial charge on any atom is 0.328 e. The van der Waals surface area contributed by atoms with Crippen molar-refractivity contribution < 1.29 is 19.1 Å². The summed E-state index contributed by atoms with van der Waals surface area (Å²) in [5, 5.41) is 2.26. The molecule has 0 unspecified atom stereocenters. The van der Waals surface area contributed by atoms with Crippen molar-refractivity contribution in [2.45, 2.75) is 31.5 Å². The minimum Gasteiger partial charge on any atom is -0.495 e. The average molecular weight is 615 g/mol. The van der Waals surface area contributed by atoms with Gasteiger partial charge < -0.3 is 25.0 Å². The Balaban J connectivity index is 1.36. The van der Waals surface area contributed by atoms with Gasteiger partial charge in [-0.05, 0) is 54.1 Å². The molecule has 6 rings (SSSR count). The number of nitrogens with two attached hydrogens (primary N) is 1. The van der Waals surface area contributed by atoms with Crippen molar-refractivity contribution >= 4 is 34.1 Å². The highest BCUT2D eigenvalue weighted by Crippen LogP contribution is 2.53. The van der Waals surface area contributed by atoms with E-state index in [0.717, 1.165) is 40.7 Å². The third-order valence-corrected chi connectivity index (χ3v) is 9.96. The van der Waals surface area contributed by atoms with Gasteiger partial charge in [-0.15, -0.1) is 0 Å². The Morgan fingerprint density at radius 2 is 1.73 bits per heavy atom. The third kappa shape index (κ3) is 5.49. The lowest BCUT2D eigenvalue weighted by Crippen LogP contribution is -2.56. The van der Waals surface area contributed by atoms with E-state index in [2.05, 4.69) is 58.0 Å².